The summed E-state index contributed by atoms with van der Waals surface area (Å²) in [6, 6.07) is 13.1. The van der Waals surface area contributed by atoms with Crippen molar-refractivity contribution in [2.24, 2.45) is 5.92 Å². The molecular weight excluding hydrogens is 815 g/mol. The van der Waals surface area contributed by atoms with Crippen LogP contribution < -0.4 is 24.8 Å². The molecule has 2 aromatic heterocycles. The molecule has 0 bridgehead atoms. The van der Waals surface area contributed by atoms with Gasteiger partial charge in [-0.25, -0.2) is 18.2 Å². The van der Waals surface area contributed by atoms with E-state index in [2.05, 4.69) is 15.4 Å². The minimum absolute atomic E-state index is 0.0215. The molecule has 0 unspecified atom stereocenters. The van der Waals surface area contributed by atoms with Crippen LogP contribution in [0.15, 0.2) is 60.7 Å². The maximum atomic E-state index is 14.8. The monoisotopic (exact) mass is 867 g/mol. The number of methoxy groups -OCH3 is 1. The van der Waals surface area contributed by atoms with Gasteiger partial charge in [0.25, 0.3) is 5.91 Å². The number of hydrogen-bond acceptors (Lipinski definition) is 11. The molecule has 3 aliphatic carbocycles. The SMILES string of the molecule is COc1ccc2c(c1)nn1c(O[C@@H]3C[C@H]4C(=O)N[C@]5(C(=O)NS(=O)(=O)C6CC6)C[C@@H]5/C=C\CCCCC[C@H](NC(=O)OC5CCCC5)C(=O)N4C3)cc(-c3ccc(C)cc3)nc21. The van der Waals surface area contributed by atoms with Gasteiger partial charge in [0.2, 0.25) is 27.7 Å². The van der Waals surface area contributed by atoms with Crippen molar-refractivity contribution in [1.82, 2.24) is 34.9 Å². The van der Waals surface area contributed by atoms with E-state index in [1.807, 2.05) is 61.5 Å². The molecule has 9 rings (SSSR count). The molecule has 4 heterocycles. The zero-order valence-corrected chi connectivity index (χ0v) is 35.8. The van der Waals surface area contributed by atoms with Crippen molar-refractivity contribution < 1.29 is 41.8 Å². The summed E-state index contributed by atoms with van der Waals surface area (Å²) in [6.07, 6.45) is 9.99. The summed E-state index contributed by atoms with van der Waals surface area (Å²) in [4.78, 5) is 63.1. The first-order valence-electron chi connectivity index (χ1n) is 21.8. The maximum absolute atomic E-state index is 14.8. The average Bonchev–Trinajstić information content (AvgIpc) is 4.07. The number of hydrogen-bond donors (Lipinski definition) is 3. The Morgan fingerprint density at radius 2 is 1.71 bits per heavy atom. The summed E-state index contributed by atoms with van der Waals surface area (Å²) in [5.41, 5.74) is 2.18. The predicted molar refractivity (Wildman–Crippen MR) is 229 cm³/mol. The van der Waals surface area contributed by atoms with Crippen LogP contribution in [0.25, 0.3) is 27.8 Å². The number of rotatable bonds is 9. The van der Waals surface area contributed by atoms with Crippen molar-refractivity contribution in [1.29, 1.82) is 0 Å². The molecule has 4 amide bonds. The van der Waals surface area contributed by atoms with Crippen molar-refractivity contribution in [3.8, 4) is 22.9 Å². The van der Waals surface area contributed by atoms with Crippen LogP contribution in [0.1, 0.15) is 89.0 Å². The summed E-state index contributed by atoms with van der Waals surface area (Å²) in [5.74, 6) is -1.40. The van der Waals surface area contributed by atoms with Gasteiger partial charge in [-0.3, -0.25) is 19.1 Å². The van der Waals surface area contributed by atoms with E-state index in [1.165, 1.54) is 4.90 Å². The van der Waals surface area contributed by atoms with Gasteiger partial charge in [-0.05, 0) is 83.3 Å². The Balaban J connectivity index is 1.06. The first kappa shape index (κ1) is 41.6. The Kier molecular flexibility index (Phi) is 11.3. The van der Waals surface area contributed by atoms with Crippen molar-refractivity contribution in [2.75, 3.05) is 13.7 Å². The molecule has 3 saturated carbocycles. The number of benzene rings is 2. The second-order valence-electron chi connectivity index (χ2n) is 17.5. The average molecular weight is 868 g/mol. The summed E-state index contributed by atoms with van der Waals surface area (Å²) in [6.45, 7) is 1.97. The highest BCUT2D eigenvalue weighted by Gasteiger charge is 2.62. The van der Waals surface area contributed by atoms with Crippen LogP contribution in [0.3, 0.4) is 0 Å². The van der Waals surface area contributed by atoms with Gasteiger partial charge >= 0.3 is 6.09 Å². The molecule has 3 N–H and O–H groups in total. The zero-order chi connectivity index (χ0) is 43.2. The Labute approximate surface area is 360 Å². The number of sulfonamides is 1. The third-order valence-corrected chi connectivity index (χ3v) is 14.7. The number of fused-ring (bicyclic) bond motifs is 5. The van der Waals surface area contributed by atoms with Crippen LogP contribution in [0.4, 0.5) is 4.79 Å². The molecule has 5 aliphatic rings. The molecule has 5 atom stereocenters. The Hall–Kier alpha value is -5.71. The smallest absolute Gasteiger partial charge is 0.408 e. The summed E-state index contributed by atoms with van der Waals surface area (Å²) in [5, 5.41) is 10.7. The van der Waals surface area contributed by atoms with Gasteiger partial charge < -0.3 is 29.7 Å². The Morgan fingerprint density at radius 3 is 2.47 bits per heavy atom. The third kappa shape index (κ3) is 8.55. The maximum Gasteiger partial charge on any atom is 0.408 e. The van der Waals surface area contributed by atoms with Gasteiger partial charge in [-0.2, -0.15) is 9.61 Å². The van der Waals surface area contributed by atoms with E-state index in [9.17, 15) is 27.6 Å². The van der Waals surface area contributed by atoms with Crippen molar-refractivity contribution in [3.05, 3.63) is 66.2 Å². The van der Waals surface area contributed by atoms with Crippen molar-refractivity contribution in [2.45, 2.75) is 125 Å². The van der Waals surface area contributed by atoms with E-state index in [0.29, 0.717) is 60.6 Å². The quantitative estimate of drug-likeness (QED) is 0.186. The number of carbonyl (C=O) groups is 4. The normalized spacial score (nSPS) is 26.5. The zero-order valence-electron chi connectivity index (χ0n) is 35.0. The fourth-order valence-electron chi connectivity index (χ4n) is 9.07. The number of nitrogens with one attached hydrogen (secondary N) is 3. The molecule has 328 valence electrons. The van der Waals surface area contributed by atoms with Gasteiger partial charge in [0.1, 0.15) is 35.6 Å². The van der Waals surface area contributed by atoms with Crippen LogP contribution >= 0.6 is 0 Å². The van der Waals surface area contributed by atoms with Crippen LogP contribution in [-0.4, -0.2) is 100 Å². The molecule has 1 saturated heterocycles. The fourth-order valence-corrected chi connectivity index (χ4v) is 10.4. The Bertz CT molecular complexity index is 2530. The molecule has 4 fully saturated rings. The molecule has 0 spiro atoms. The first-order valence-corrected chi connectivity index (χ1v) is 23.4. The Morgan fingerprint density at radius 1 is 0.935 bits per heavy atom. The molecular formula is C45H53N7O9S. The van der Waals surface area contributed by atoms with Crippen LogP contribution in [0, 0.1) is 12.8 Å². The number of alkyl carbamates (subject to hydrolysis) is 1. The lowest BCUT2D eigenvalue weighted by molar-refractivity contribution is -0.141. The number of ether oxygens (including phenoxy) is 3. The summed E-state index contributed by atoms with van der Waals surface area (Å²) in [7, 11) is -2.34. The molecule has 2 aliphatic heterocycles. The van der Waals surface area contributed by atoms with Gasteiger partial charge in [-0.1, -0.05) is 54.8 Å². The van der Waals surface area contributed by atoms with E-state index in [4.69, 9.17) is 24.3 Å². The first-order chi connectivity index (χ1) is 29.9. The number of allylic oxidation sites excluding steroid dienone is 1. The highest BCUT2D eigenvalue weighted by Crippen LogP contribution is 2.46. The minimum Gasteiger partial charge on any atom is -0.497 e. The number of nitrogens with zero attached hydrogens (tertiary/aromatic N) is 4. The summed E-state index contributed by atoms with van der Waals surface area (Å²) < 4.78 is 47.8. The number of aryl methyl sites for hydroxylation is 1. The highest BCUT2D eigenvalue weighted by molar-refractivity contribution is 7.91. The van der Waals surface area contributed by atoms with Crippen LogP contribution in [-0.2, 0) is 29.1 Å². The second kappa shape index (κ2) is 16.9. The number of aromatic nitrogens is 3. The predicted octanol–water partition coefficient (Wildman–Crippen LogP) is 5.26. The standard InChI is InChI=1S/C45H53N7O9S/c1-27-14-16-28(17-15-27)36-24-39(52-40(46-36)34-21-18-31(59-2)22-37(34)49-52)60-32-23-38-41(53)48-45(43(55)50-62(57,58)33-19-20-33)25-29(45)10-6-4-3-5-7-13-35(42(54)51(38)26-32)47-44(56)61-30-11-8-9-12-30/h6,10,14-18,21-22,24,29-30,32-33,35,38H,3-5,7-9,11-13,19-20,23,25-26H2,1-2H3,(H,47,56)(H,48,53)(H,50,55)/b10-6-/t29-,32+,35-,38-,45+/m0/s1. The van der Waals surface area contributed by atoms with E-state index >= 15 is 0 Å². The van der Waals surface area contributed by atoms with Crippen molar-refractivity contribution in [3.63, 3.8) is 0 Å². The van der Waals surface area contributed by atoms with E-state index < -0.39 is 68.7 Å². The molecule has 4 aromatic rings. The molecule has 17 heteroatoms. The molecule has 2 aromatic carbocycles. The lowest BCUT2D eigenvalue weighted by atomic mass is 10.0. The van der Waals surface area contributed by atoms with Gasteiger partial charge in [0, 0.05) is 35.4 Å². The van der Waals surface area contributed by atoms with Crippen LogP contribution in [0.2, 0.25) is 0 Å². The van der Waals surface area contributed by atoms with Gasteiger partial charge in [0.15, 0.2) is 5.65 Å². The second-order valence-corrected chi connectivity index (χ2v) is 19.4. The molecule has 0 radical (unpaired) electrons. The highest BCUT2D eigenvalue weighted by atomic mass is 32.2. The largest absolute Gasteiger partial charge is 0.497 e. The van der Waals surface area contributed by atoms with Gasteiger partial charge in [-0.15, -0.1) is 0 Å². The topological polar surface area (TPSA) is 200 Å². The lowest BCUT2D eigenvalue weighted by Gasteiger charge is -2.30. The lowest BCUT2D eigenvalue weighted by Crippen LogP contribution is -2.58. The minimum atomic E-state index is -3.92. The summed E-state index contributed by atoms with van der Waals surface area (Å²) >= 11 is 0. The van der Waals surface area contributed by atoms with Crippen molar-refractivity contribution >= 4 is 50.4 Å². The van der Waals surface area contributed by atoms with Gasteiger partial charge in [0.05, 0.1) is 30.1 Å². The van der Waals surface area contributed by atoms with E-state index in [-0.39, 0.29) is 25.5 Å². The number of amides is 4. The molecule has 16 nitrogen and oxygen atoms in total. The van der Waals surface area contributed by atoms with E-state index in [0.717, 1.165) is 55.0 Å². The van der Waals surface area contributed by atoms with E-state index in [1.54, 1.807) is 17.7 Å². The number of carbonyl (C=O) groups excluding carboxylic acids is 4. The fraction of sp³-hybridized carbons (Fsp3) is 0.511. The third-order valence-electron chi connectivity index (χ3n) is 12.9. The molecule has 62 heavy (non-hydrogen) atoms. The van der Waals surface area contributed by atoms with Crippen LogP contribution in [0.5, 0.6) is 11.6 Å².